The van der Waals surface area contributed by atoms with E-state index in [2.05, 4.69) is 18.9 Å². The predicted molar refractivity (Wildman–Crippen MR) is 71.5 cm³/mol. The highest BCUT2D eigenvalue weighted by Gasteiger charge is 2.37. The van der Waals surface area contributed by atoms with Crippen molar-refractivity contribution in [2.24, 2.45) is 11.3 Å². The summed E-state index contributed by atoms with van der Waals surface area (Å²) in [6, 6.07) is 2.28. The molecule has 0 aliphatic rings. The van der Waals surface area contributed by atoms with Gasteiger partial charge in [0, 0.05) is 18.7 Å². The van der Waals surface area contributed by atoms with Gasteiger partial charge in [0.25, 0.3) is 0 Å². The molecular weight excluding hydrogens is 228 g/mol. The van der Waals surface area contributed by atoms with Gasteiger partial charge in [-0.25, -0.2) is 0 Å². The number of carboxylic acids is 1. The lowest BCUT2D eigenvalue weighted by molar-refractivity contribution is -0.150. The maximum absolute atomic E-state index is 11.4. The molecule has 4 nitrogen and oxygen atoms in total. The van der Waals surface area contributed by atoms with E-state index in [1.165, 1.54) is 0 Å². The van der Waals surface area contributed by atoms with Crippen LogP contribution in [0.1, 0.15) is 52.8 Å². The van der Waals surface area contributed by atoms with Crippen molar-refractivity contribution in [3.05, 3.63) is 18.0 Å². The van der Waals surface area contributed by atoms with Crippen molar-refractivity contribution in [2.45, 2.75) is 53.5 Å². The number of rotatable bonds is 6. The number of carbonyl (C=O) groups is 1. The van der Waals surface area contributed by atoms with E-state index in [9.17, 15) is 9.90 Å². The van der Waals surface area contributed by atoms with Gasteiger partial charge in [-0.3, -0.25) is 9.48 Å². The van der Waals surface area contributed by atoms with Crippen LogP contribution in [0.15, 0.2) is 12.3 Å². The van der Waals surface area contributed by atoms with Crippen LogP contribution in [0.3, 0.4) is 0 Å². The maximum Gasteiger partial charge on any atom is 0.310 e. The van der Waals surface area contributed by atoms with Crippen LogP contribution in [0.2, 0.25) is 0 Å². The maximum atomic E-state index is 11.4. The van der Waals surface area contributed by atoms with Gasteiger partial charge in [0.15, 0.2) is 0 Å². The lowest BCUT2D eigenvalue weighted by atomic mass is 9.75. The van der Waals surface area contributed by atoms with Gasteiger partial charge in [-0.2, -0.15) is 5.10 Å². The molecule has 1 rings (SSSR count). The van der Waals surface area contributed by atoms with E-state index in [1.54, 1.807) is 6.92 Å². The standard InChI is InChI=1S/C14H24N2O2/c1-6-11(4)16-8-7-12(15-16)9-14(5,10(2)3)13(17)18/h7-8,10-11H,6,9H2,1-5H3,(H,17,18). The number of hydrogen-bond donors (Lipinski definition) is 1. The van der Waals surface area contributed by atoms with Crippen LogP contribution < -0.4 is 0 Å². The summed E-state index contributed by atoms with van der Waals surface area (Å²) in [5.41, 5.74) is 0.100. The van der Waals surface area contributed by atoms with Crippen LogP contribution in [0.4, 0.5) is 0 Å². The molecule has 18 heavy (non-hydrogen) atoms. The Kier molecular flexibility index (Phi) is 4.54. The van der Waals surface area contributed by atoms with Crippen LogP contribution in [0.5, 0.6) is 0 Å². The predicted octanol–water partition coefficient (Wildman–Crippen LogP) is 3.14. The Morgan fingerprint density at radius 2 is 2.11 bits per heavy atom. The third-order valence-corrected chi connectivity index (χ3v) is 4.02. The van der Waals surface area contributed by atoms with E-state index < -0.39 is 11.4 Å². The Balaban J connectivity index is 2.89. The van der Waals surface area contributed by atoms with Gasteiger partial charge in [-0.1, -0.05) is 20.8 Å². The molecule has 2 unspecified atom stereocenters. The number of hydrogen-bond acceptors (Lipinski definition) is 2. The molecule has 4 heteroatoms. The molecule has 0 aliphatic heterocycles. The molecule has 0 saturated carbocycles. The second-order valence-electron chi connectivity index (χ2n) is 5.60. The Labute approximate surface area is 109 Å². The van der Waals surface area contributed by atoms with E-state index in [1.807, 2.05) is 30.8 Å². The molecule has 0 aromatic carbocycles. The summed E-state index contributed by atoms with van der Waals surface area (Å²) in [6.45, 7) is 9.90. The first-order chi connectivity index (χ1) is 8.31. The molecule has 1 N–H and O–H groups in total. The second-order valence-corrected chi connectivity index (χ2v) is 5.60. The highest BCUT2D eigenvalue weighted by Crippen LogP contribution is 2.31. The molecule has 0 bridgehead atoms. The van der Waals surface area contributed by atoms with Gasteiger partial charge in [0.1, 0.15) is 0 Å². The van der Waals surface area contributed by atoms with Gasteiger partial charge < -0.3 is 5.11 Å². The fraction of sp³-hybridized carbons (Fsp3) is 0.714. The van der Waals surface area contributed by atoms with Gasteiger partial charge >= 0.3 is 5.97 Å². The smallest absolute Gasteiger partial charge is 0.310 e. The monoisotopic (exact) mass is 252 g/mol. The van der Waals surface area contributed by atoms with Crippen molar-refractivity contribution >= 4 is 5.97 Å². The van der Waals surface area contributed by atoms with Crippen LogP contribution in [0, 0.1) is 11.3 Å². The molecule has 1 aromatic heterocycles. The summed E-state index contributed by atoms with van der Waals surface area (Å²) in [5.74, 6) is -0.681. The summed E-state index contributed by atoms with van der Waals surface area (Å²) >= 11 is 0. The zero-order valence-corrected chi connectivity index (χ0v) is 12.0. The minimum Gasteiger partial charge on any atom is -0.481 e. The zero-order chi connectivity index (χ0) is 13.9. The van der Waals surface area contributed by atoms with Crippen molar-refractivity contribution in [2.75, 3.05) is 0 Å². The molecule has 0 amide bonds. The quantitative estimate of drug-likeness (QED) is 0.846. The number of aromatic nitrogens is 2. The minimum atomic E-state index is -0.755. The van der Waals surface area contributed by atoms with E-state index in [0.717, 1.165) is 12.1 Å². The molecule has 0 spiro atoms. The molecule has 1 heterocycles. The van der Waals surface area contributed by atoms with Crippen molar-refractivity contribution in [1.82, 2.24) is 9.78 Å². The SMILES string of the molecule is CCC(C)n1ccc(CC(C)(C(=O)O)C(C)C)n1. The normalized spacial score (nSPS) is 16.6. The summed E-state index contributed by atoms with van der Waals surface area (Å²) in [6.07, 6.45) is 3.43. The van der Waals surface area contributed by atoms with E-state index in [-0.39, 0.29) is 5.92 Å². The summed E-state index contributed by atoms with van der Waals surface area (Å²) in [5, 5.41) is 13.9. The van der Waals surface area contributed by atoms with E-state index >= 15 is 0 Å². The van der Waals surface area contributed by atoms with Gasteiger partial charge in [-0.15, -0.1) is 0 Å². The highest BCUT2D eigenvalue weighted by molar-refractivity contribution is 5.74. The fourth-order valence-electron chi connectivity index (χ4n) is 1.81. The Morgan fingerprint density at radius 1 is 1.50 bits per heavy atom. The number of nitrogens with zero attached hydrogens (tertiary/aromatic N) is 2. The molecule has 0 aliphatic carbocycles. The van der Waals surface area contributed by atoms with Gasteiger partial charge in [0.2, 0.25) is 0 Å². The fourth-order valence-corrected chi connectivity index (χ4v) is 1.81. The molecule has 0 fully saturated rings. The number of aliphatic carboxylic acids is 1. The summed E-state index contributed by atoms with van der Waals surface area (Å²) in [7, 11) is 0. The van der Waals surface area contributed by atoms with Crippen LogP contribution in [-0.4, -0.2) is 20.9 Å². The average Bonchev–Trinajstić information content (AvgIpc) is 2.75. The van der Waals surface area contributed by atoms with Crippen molar-refractivity contribution in [3.63, 3.8) is 0 Å². The zero-order valence-electron chi connectivity index (χ0n) is 12.0. The van der Waals surface area contributed by atoms with Crippen LogP contribution in [0.25, 0.3) is 0 Å². The van der Waals surface area contributed by atoms with E-state index in [0.29, 0.717) is 12.5 Å². The first-order valence-electron chi connectivity index (χ1n) is 6.58. The summed E-state index contributed by atoms with van der Waals surface area (Å²) < 4.78 is 1.91. The van der Waals surface area contributed by atoms with Gasteiger partial charge in [0.05, 0.1) is 11.1 Å². The molecular formula is C14H24N2O2. The minimum absolute atomic E-state index is 0.0729. The Bertz CT molecular complexity index is 412. The van der Waals surface area contributed by atoms with Gasteiger partial charge in [-0.05, 0) is 32.3 Å². The first kappa shape index (κ1) is 14.7. The lowest BCUT2D eigenvalue weighted by Gasteiger charge is -2.28. The van der Waals surface area contributed by atoms with Crippen molar-refractivity contribution in [1.29, 1.82) is 0 Å². The first-order valence-corrected chi connectivity index (χ1v) is 6.58. The summed E-state index contributed by atoms with van der Waals surface area (Å²) in [4.78, 5) is 11.4. The van der Waals surface area contributed by atoms with Crippen LogP contribution >= 0.6 is 0 Å². The molecule has 102 valence electrons. The third kappa shape index (κ3) is 2.92. The van der Waals surface area contributed by atoms with Crippen molar-refractivity contribution < 1.29 is 9.90 Å². The highest BCUT2D eigenvalue weighted by atomic mass is 16.4. The topological polar surface area (TPSA) is 55.1 Å². The van der Waals surface area contributed by atoms with E-state index in [4.69, 9.17) is 0 Å². The second kappa shape index (κ2) is 5.55. The molecule has 0 saturated heterocycles. The molecule has 1 aromatic rings. The lowest BCUT2D eigenvalue weighted by Crippen LogP contribution is -2.35. The Hall–Kier alpha value is -1.32. The molecule has 2 atom stereocenters. The molecule has 0 radical (unpaired) electrons. The Morgan fingerprint density at radius 3 is 2.56 bits per heavy atom. The average molecular weight is 252 g/mol. The van der Waals surface area contributed by atoms with Crippen molar-refractivity contribution in [3.8, 4) is 0 Å². The van der Waals surface area contributed by atoms with Crippen LogP contribution in [-0.2, 0) is 11.2 Å². The number of carboxylic acid groups (broad SMARTS) is 1. The largest absolute Gasteiger partial charge is 0.481 e. The third-order valence-electron chi connectivity index (χ3n) is 4.02.